The first-order chi connectivity index (χ1) is 7.12. The Morgan fingerprint density at radius 3 is 2.80 bits per heavy atom. The summed E-state index contributed by atoms with van der Waals surface area (Å²) < 4.78 is 0. The SMILES string of the molecule is CNC(C)(C)Cc1[nH]nc2ccccc12. The van der Waals surface area contributed by atoms with Crippen molar-refractivity contribution in [2.24, 2.45) is 0 Å². The maximum atomic E-state index is 4.28. The van der Waals surface area contributed by atoms with E-state index in [1.54, 1.807) is 0 Å². The molecular weight excluding hydrogens is 186 g/mol. The lowest BCUT2D eigenvalue weighted by Gasteiger charge is -2.23. The van der Waals surface area contributed by atoms with Crippen LogP contribution in [-0.4, -0.2) is 22.8 Å². The van der Waals surface area contributed by atoms with E-state index in [0.717, 1.165) is 11.9 Å². The van der Waals surface area contributed by atoms with Gasteiger partial charge in [0.05, 0.1) is 5.52 Å². The third-order valence-corrected chi connectivity index (χ3v) is 2.84. The second-order valence-corrected chi connectivity index (χ2v) is 4.53. The van der Waals surface area contributed by atoms with Gasteiger partial charge in [-0.1, -0.05) is 18.2 Å². The van der Waals surface area contributed by atoms with Crippen LogP contribution in [0.1, 0.15) is 19.5 Å². The molecule has 0 unspecified atom stereocenters. The van der Waals surface area contributed by atoms with Gasteiger partial charge in [0.25, 0.3) is 0 Å². The number of aromatic amines is 1. The number of benzene rings is 1. The average molecular weight is 203 g/mol. The van der Waals surface area contributed by atoms with Gasteiger partial charge in [-0.05, 0) is 27.0 Å². The van der Waals surface area contributed by atoms with E-state index >= 15 is 0 Å². The Morgan fingerprint density at radius 2 is 2.07 bits per heavy atom. The molecule has 0 amide bonds. The topological polar surface area (TPSA) is 40.7 Å². The number of para-hydroxylation sites is 1. The van der Waals surface area contributed by atoms with Crippen LogP contribution in [-0.2, 0) is 6.42 Å². The lowest BCUT2D eigenvalue weighted by molar-refractivity contribution is 0.418. The van der Waals surface area contributed by atoms with E-state index in [2.05, 4.69) is 35.4 Å². The van der Waals surface area contributed by atoms with Gasteiger partial charge in [0.2, 0.25) is 0 Å². The van der Waals surface area contributed by atoms with Crippen LogP contribution in [0, 0.1) is 0 Å². The van der Waals surface area contributed by atoms with Crippen molar-refractivity contribution in [1.82, 2.24) is 15.5 Å². The summed E-state index contributed by atoms with van der Waals surface area (Å²) in [4.78, 5) is 0. The van der Waals surface area contributed by atoms with Crippen molar-refractivity contribution < 1.29 is 0 Å². The quantitative estimate of drug-likeness (QED) is 0.802. The van der Waals surface area contributed by atoms with Gasteiger partial charge in [-0.2, -0.15) is 5.10 Å². The van der Waals surface area contributed by atoms with Gasteiger partial charge in [0.15, 0.2) is 0 Å². The van der Waals surface area contributed by atoms with E-state index in [4.69, 9.17) is 0 Å². The Hall–Kier alpha value is -1.35. The number of rotatable bonds is 3. The fourth-order valence-corrected chi connectivity index (χ4v) is 1.68. The minimum absolute atomic E-state index is 0.0926. The molecule has 0 saturated carbocycles. The summed E-state index contributed by atoms with van der Waals surface area (Å²) in [6, 6.07) is 8.20. The Bertz CT molecular complexity index is 457. The molecule has 0 aliphatic carbocycles. The molecule has 3 heteroatoms. The van der Waals surface area contributed by atoms with Crippen LogP contribution < -0.4 is 5.32 Å². The molecule has 1 aromatic carbocycles. The highest BCUT2D eigenvalue weighted by molar-refractivity contribution is 5.81. The van der Waals surface area contributed by atoms with E-state index in [9.17, 15) is 0 Å². The van der Waals surface area contributed by atoms with Crippen LogP contribution in [0.3, 0.4) is 0 Å². The molecule has 0 bridgehead atoms. The number of H-pyrrole nitrogens is 1. The summed E-state index contributed by atoms with van der Waals surface area (Å²) in [6.07, 6.45) is 0.948. The molecule has 0 saturated heterocycles. The molecule has 15 heavy (non-hydrogen) atoms. The first-order valence-electron chi connectivity index (χ1n) is 5.23. The normalized spacial score (nSPS) is 12.2. The number of aromatic nitrogens is 2. The molecule has 0 aliphatic rings. The Labute approximate surface area is 89.9 Å². The van der Waals surface area contributed by atoms with E-state index in [1.807, 2.05) is 25.2 Å². The standard InChI is InChI=1S/C12H17N3/c1-12(2,13-3)8-11-9-6-4-5-7-10(9)14-15-11/h4-7,13H,8H2,1-3H3,(H,14,15). The molecule has 0 radical (unpaired) electrons. The number of nitrogens with one attached hydrogen (secondary N) is 2. The van der Waals surface area contributed by atoms with Crippen molar-refractivity contribution in [1.29, 1.82) is 0 Å². The van der Waals surface area contributed by atoms with E-state index in [0.29, 0.717) is 0 Å². The van der Waals surface area contributed by atoms with Crippen molar-refractivity contribution in [3.8, 4) is 0 Å². The van der Waals surface area contributed by atoms with Gasteiger partial charge in [0.1, 0.15) is 0 Å². The number of likely N-dealkylation sites (N-methyl/N-ethyl adjacent to an activating group) is 1. The molecule has 0 aliphatic heterocycles. The highest BCUT2D eigenvalue weighted by Crippen LogP contribution is 2.19. The number of hydrogen-bond acceptors (Lipinski definition) is 2. The summed E-state index contributed by atoms with van der Waals surface area (Å²) in [7, 11) is 1.98. The van der Waals surface area contributed by atoms with Crippen LogP contribution in [0.2, 0.25) is 0 Å². The van der Waals surface area contributed by atoms with Gasteiger partial charge >= 0.3 is 0 Å². The van der Waals surface area contributed by atoms with Crippen LogP contribution >= 0.6 is 0 Å². The van der Waals surface area contributed by atoms with Crippen LogP contribution in [0.15, 0.2) is 24.3 Å². The van der Waals surface area contributed by atoms with E-state index in [-0.39, 0.29) is 5.54 Å². The second kappa shape index (κ2) is 3.66. The molecule has 2 rings (SSSR count). The van der Waals surface area contributed by atoms with Crippen LogP contribution in [0.25, 0.3) is 10.9 Å². The van der Waals surface area contributed by atoms with E-state index in [1.165, 1.54) is 11.1 Å². The summed E-state index contributed by atoms with van der Waals surface area (Å²) in [5, 5.41) is 11.9. The summed E-state index contributed by atoms with van der Waals surface area (Å²) in [5.41, 5.74) is 2.33. The van der Waals surface area contributed by atoms with Crippen molar-refractivity contribution in [2.45, 2.75) is 25.8 Å². The first kappa shape index (κ1) is 10.2. The number of nitrogens with zero attached hydrogens (tertiary/aromatic N) is 1. The zero-order valence-electron chi connectivity index (χ0n) is 9.46. The van der Waals surface area contributed by atoms with Crippen molar-refractivity contribution in [2.75, 3.05) is 7.05 Å². The molecular formula is C12H17N3. The van der Waals surface area contributed by atoms with Gasteiger partial charge in [0, 0.05) is 23.0 Å². The van der Waals surface area contributed by atoms with Crippen LogP contribution in [0.5, 0.6) is 0 Å². The lowest BCUT2D eigenvalue weighted by Crippen LogP contribution is -2.38. The molecule has 2 N–H and O–H groups in total. The smallest absolute Gasteiger partial charge is 0.0923 e. The van der Waals surface area contributed by atoms with Crippen molar-refractivity contribution >= 4 is 10.9 Å². The second-order valence-electron chi connectivity index (χ2n) is 4.53. The van der Waals surface area contributed by atoms with Crippen molar-refractivity contribution in [3.05, 3.63) is 30.0 Å². The fraction of sp³-hybridized carbons (Fsp3) is 0.417. The fourth-order valence-electron chi connectivity index (χ4n) is 1.68. The summed E-state index contributed by atoms with van der Waals surface area (Å²) >= 11 is 0. The molecule has 0 spiro atoms. The molecule has 0 fully saturated rings. The molecule has 0 atom stereocenters. The first-order valence-corrected chi connectivity index (χ1v) is 5.23. The summed E-state index contributed by atoms with van der Waals surface area (Å²) in [6.45, 7) is 4.37. The average Bonchev–Trinajstić information content (AvgIpc) is 2.62. The Morgan fingerprint density at radius 1 is 1.33 bits per heavy atom. The highest BCUT2D eigenvalue weighted by Gasteiger charge is 2.18. The zero-order valence-corrected chi connectivity index (χ0v) is 9.46. The zero-order chi connectivity index (χ0) is 10.9. The third-order valence-electron chi connectivity index (χ3n) is 2.84. The predicted molar refractivity (Wildman–Crippen MR) is 62.9 cm³/mol. The largest absolute Gasteiger partial charge is 0.314 e. The maximum absolute atomic E-state index is 4.28. The minimum Gasteiger partial charge on any atom is -0.314 e. The van der Waals surface area contributed by atoms with E-state index < -0.39 is 0 Å². The highest BCUT2D eigenvalue weighted by atomic mass is 15.1. The minimum atomic E-state index is 0.0926. The maximum Gasteiger partial charge on any atom is 0.0923 e. The Kier molecular flexibility index (Phi) is 2.49. The predicted octanol–water partition coefficient (Wildman–Crippen LogP) is 2.10. The van der Waals surface area contributed by atoms with Gasteiger partial charge in [-0.15, -0.1) is 0 Å². The van der Waals surface area contributed by atoms with Gasteiger partial charge < -0.3 is 5.32 Å². The molecule has 3 nitrogen and oxygen atoms in total. The Balaban J connectivity index is 2.37. The third kappa shape index (κ3) is 2.02. The summed E-state index contributed by atoms with van der Waals surface area (Å²) in [5.74, 6) is 0. The number of fused-ring (bicyclic) bond motifs is 1. The monoisotopic (exact) mass is 203 g/mol. The van der Waals surface area contributed by atoms with Crippen LogP contribution in [0.4, 0.5) is 0 Å². The molecule has 2 aromatic rings. The molecule has 80 valence electrons. The van der Waals surface area contributed by atoms with Gasteiger partial charge in [-0.25, -0.2) is 0 Å². The van der Waals surface area contributed by atoms with Gasteiger partial charge in [-0.3, -0.25) is 5.10 Å². The molecule has 1 heterocycles. The number of hydrogen-bond donors (Lipinski definition) is 2. The lowest BCUT2D eigenvalue weighted by atomic mass is 9.97. The van der Waals surface area contributed by atoms with Crippen molar-refractivity contribution in [3.63, 3.8) is 0 Å². The molecule has 1 aromatic heterocycles.